The summed E-state index contributed by atoms with van der Waals surface area (Å²) in [5.74, 6) is 0.945. The number of hydrogen-bond donors (Lipinski definition) is 1. The lowest BCUT2D eigenvalue weighted by molar-refractivity contribution is 0.207. The maximum Gasteiger partial charge on any atom is 0.240 e. The summed E-state index contributed by atoms with van der Waals surface area (Å²) in [4.78, 5) is 11.1. The summed E-state index contributed by atoms with van der Waals surface area (Å²) < 4.78 is 19.9. The van der Waals surface area contributed by atoms with Crippen molar-refractivity contribution >= 4 is 5.70 Å². The first-order chi connectivity index (χ1) is 13.4. The summed E-state index contributed by atoms with van der Waals surface area (Å²) in [5, 5.41) is 3.84. The summed E-state index contributed by atoms with van der Waals surface area (Å²) in [7, 11) is 0. The van der Waals surface area contributed by atoms with Gasteiger partial charge in [-0.05, 0) is 49.1 Å². The van der Waals surface area contributed by atoms with E-state index in [0.29, 0.717) is 41.8 Å². The van der Waals surface area contributed by atoms with E-state index in [1.165, 1.54) is 0 Å². The lowest BCUT2D eigenvalue weighted by Gasteiger charge is -2.29. The minimum Gasteiger partial charge on any atom is -0.397 e. The van der Waals surface area contributed by atoms with Gasteiger partial charge in [0.15, 0.2) is 5.82 Å². The molecule has 1 aliphatic rings. The van der Waals surface area contributed by atoms with Crippen LogP contribution in [0.1, 0.15) is 34.2 Å². The highest BCUT2D eigenvalue weighted by molar-refractivity contribution is 5.73. The molecule has 28 heavy (non-hydrogen) atoms. The van der Waals surface area contributed by atoms with Crippen molar-refractivity contribution in [1.29, 1.82) is 0 Å². The molecule has 1 aliphatic heterocycles. The number of fused-ring (bicyclic) bond motifs is 1. The predicted molar refractivity (Wildman–Crippen MR) is 104 cm³/mol. The molecule has 0 atom stereocenters. The Hall–Kier alpha value is -3.06. The number of halogens is 1. The second-order valence-corrected chi connectivity index (χ2v) is 7.18. The van der Waals surface area contributed by atoms with Crippen molar-refractivity contribution in [2.24, 2.45) is 5.73 Å². The molecule has 0 amide bonds. The molecule has 0 saturated heterocycles. The molecule has 0 fully saturated rings. The van der Waals surface area contributed by atoms with Crippen molar-refractivity contribution in [2.45, 2.75) is 33.4 Å². The number of aryl methyl sites for hydroxylation is 2. The van der Waals surface area contributed by atoms with Crippen LogP contribution in [-0.2, 0) is 19.5 Å². The van der Waals surface area contributed by atoms with Gasteiger partial charge in [0, 0.05) is 18.7 Å². The third-order valence-electron chi connectivity index (χ3n) is 4.93. The Labute approximate surface area is 162 Å². The Morgan fingerprint density at radius 1 is 1.25 bits per heavy atom. The van der Waals surface area contributed by atoms with Gasteiger partial charge in [-0.15, -0.1) is 0 Å². The first kappa shape index (κ1) is 18.3. The lowest BCUT2D eigenvalue weighted by Crippen LogP contribution is -2.31. The number of rotatable bonds is 4. The summed E-state index contributed by atoms with van der Waals surface area (Å²) in [5.41, 5.74) is 11.1. The van der Waals surface area contributed by atoms with Crippen LogP contribution in [0.25, 0.3) is 16.8 Å². The van der Waals surface area contributed by atoms with E-state index in [1.54, 1.807) is 13.0 Å². The Morgan fingerprint density at radius 3 is 2.75 bits per heavy atom. The van der Waals surface area contributed by atoms with E-state index in [2.05, 4.69) is 26.6 Å². The van der Waals surface area contributed by atoms with Crippen LogP contribution >= 0.6 is 0 Å². The van der Waals surface area contributed by atoms with Crippen LogP contribution in [0.4, 0.5) is 4.39 Å². The molecule has 0 radical (unpaired) electrons. The van der Waals surface area contributed by atoms with Gasteiger partial charge in [-0.3, -0.25) is 4.90 Å². The predicted octanol–water partition coefficient (Wildman–Crippen LogP) is 3.38. The molecule has 6 nitrogen and oxygen atoms in total. The number of pyridine rings is 1. The van der Waals surface area contributed by atoms with Crippen LogP contribution in [0.5, 0.6) is 0 Å². The molecule has 144 valence electrons. The molecule has 3 aromatic rings. The third kappa shape index (κ3) is 3.53. The average Bonchev–Trinajstić information content (AvgIpc) is 3.05. The van der Waals surface area contributed by atoms with Crippen LogP contribution in [0.3, 0.4) is 0 Å². The molecule has 2 aromatic heterocycles. The van der Waals surface area contributed by atoms with Crippen LogP contribution in [0.15, 0.2) is 35.4 Å². The van der Waals surface area contributed by atoms with Gasteiger partial charge < -0.3 is 10.3 Å². The first-order valence-electron chi connectivity index (χ1n) is 9.16. The normalized spacial score (nSPS) is 14.1. The van der Waals surface area contributed by atoms with Crippen LogP contribution in [0, 0.1) is 19.7 Å². The van der Waals surface area contributed by atoms with Gasteiger partial charge in [-0.25, -0.2) is 9.37 Å². The van der Waals surface area contributed by atoms with E-state index in [9.17, 15) is 4.39 Å². The highest BCUT2D eigenvalue weighted by Crippen LogP contribution is 2.33. The second-order valence-electron chi connectivity index (χ2n) is 7.18. The zero-order chi connectivity index (χ0) is 19.8. The van der Waals surface area contributed by atoms with Crippen molar-refractivity contribution in [3.63, 3.8) is 0 Å². The largest absolute Gasteiger partial charge is 0.397 e. The minimum absolute atomic E-state index is 0.245. The summed E-state index contributed by atoms with van der Waals surface area (Å²) >= 11 is 0. The Bertz CT molecular complexity index is 1060. The van der Waals surface area contributed by atoms with Gasteiger partial charge in [0.05, 0.1) is 23.6 Å². The van der Waals surface area contributed by atoms with E-state index >= 15 is 0 Å². The molecule has 0 unspecified atom stereocenters. The molecular weight excluding hydrogens is 357 g/mol. The second kappa shape index (κ2) is 7.16. The average molecular weight is 379 g/mol. The maximum absolute atomic E-state index is 14.7. The monoisotopic (exact) mass is 379 g/mol. The van der Waals surface area contributed by atoms with Gasteiger partial charge >= 0.3 is 0 Å². The zero-order valence-electron chi connectivity index (χ0n) is 16.0. The number of benzene rings is 1. The van der Waals surface area contributed by atoms with Gasteiger partial charge in [0.25, 0.3) is 0 Å². The Morgan fingerprint density at radius 2 is 2.07 bits per heavy atom. The van der Waals surface area contributed by atoms with Crippen LogP contribution in [-0.4, -0.2) is 26.6 Å². The molecule has 3 heterocycles. The molecule has 4 rings (SSSR count). The topological polar surface area (TPSA) is 81.1 Å². The smallest absolute Gasteiger partial charge is 0.240 e. The van der Waals surface area contributed by atoms with Crippen molar-refractivity contribution < 1.29 is 8.91 Å². The fourth-order valence-corrected chi connectivity index (χ4v) is 3.57. The molecule has 0 spiro atoms. The Balaban J connectivity index is 1.73. The number of hydrogen-bond acceptors (Lipinski definition) is 6. The lowest BCUT2D eigenvalue weighted by atomic mass is 9.92. The fourth-order valence-electron chi connectivity index (χ4n) is 3.57. The maximum atomic E-state index is 14.7. The molecular formula is C21H22FN5O. The van der Waals surface area contributed by atoms with Gasteiger partial charge in [-0.1, -0.05) is 23.9 Å². The van der Waals surface area contributed by atoms with Crippen LogP contribution in [0.2, 0.25) is 0 Å². The van der Waals surface area contributed by atoms with E-state index in [0.717, 1.165) is 35.3 Å². The molecule has 2 N–H and O–H groups in total. The number of aromatic nitrogens is 3. The third-order valence-corrected chi connectivity index (χ3v) is 4.93. The fraction of sp³-hybridized carbons (Fsp3) is 0.286. The summed E-state index contributed by atoms with van der Waals surface area (Å²) in [6, 6.07) is 7.12. The quantitative estimate of drug-likeness (QED) is 0.748. The minimum atomic E-state index is -0.245. The van der Waals surface area contributed by atoms with Crippen molar-refractivity contribution in [3.05, 3.63) is 70.9 Å². The van der Waals surface area contributed by atoms with Crippen LogP contribution < -0.4 is 5.73 Å². The molecule has 1 aromatic carbocycles. The van der Waals surface area contributed by atoms with Gasteiger partial charge in [-0.2, -0.15) is 4.98 Å². The van der Waals surface area contributed by atoms with E-state index in [1.807, 2.05) is 25.1 Å². The SMILES string of the molecule is C=C(N)c1cc(-c2ccc(C)cc2F)c2c(n1)CN(Cc1nc(C)no1)CC2. The molecule has 7 heteroatoms. The van der Waals surface area contributed by atoms with Crippen molar-refractivity contribution in [3.8, 4) is 11.1 Å². The van der Waals surface area contributed by atoms with E-state index in [4.69, 9.17) is 10.3 Å². The first-order valence-corrected chi connectivity index (χ1v) is 9.16. The molecule has 0 saturated carbocycles. The summed E-state index contributed by atoms with van der Waals surface area (Å²) in [6.07, 6.45) is 0.745. The zero-order valence-corrected chi connectivity index (χ0v) is 16.0. The number of nitrogens with zero attached hydrogens (tertiary/aromatic N) is 4. The van der Waals surface area contributed by atoms with Gasteiger partial charge in [0.1, 0.15) is 5.82 Å². The standard InChI is InChI=1S/C21H22FN5O/c1-12-4-5-15(18(22)8-12)17-9-19(13(2)23)25-20-10-27(7-6-16(17)20)11-21-24-14(3)26-28-21/h4-5,8-9H,2,6-7,10-11,23H2,1,3H3. The van der Waals surface area contributed by atoms with Crippen molar-refractivity contribution in [2.75, 3.05) is 6.54 Å². The molecule has 0 aliphatic carbocycles. The van der Waals surface area contributed by atoms with Gasteiger partial charge in [0.2, 0.25) is 5.89 Å². The summed E-state index contributed by atoms with van der Waals surface area (Å²) in [6.45, 7) is 9.41. The highest BCUT2D eigenvalue weighted by atomic mass is 19.1. The highest BCUT2D eigenvalue weighted by Gasteiger charge is 2.24. The van der Waals surface area contributed by atoms with E-state index < -0.39 is 0 Å². The molecule has 0 bridgehead atoms. The number of nitrogens with two attached hydrogens (primary N) is 1. The van der Waals surface area contributed by atoms with E-state index in [-0.39, 0.29) is 5.82 Å². The van der Waals surface area contributed by atoms with Crippen molar-refractivity contribution in [1.82, 2.24) is 20.0 Å². The Kier molecular flexibility index (Phi) is 4.68.